The summed E-state index contributed by atoms with van der Waals surface area (Å²) in [6, 6.07) is 0. The van der Waals surface area contributed by atoms with Gasteiger partial charge in [-0.15, -0.1) is 12.4 Å². The molecular formula is C15H31Cl2N3O. The van der Waals surface area contributed by atoms with Crippen molar-refractivity contribution in [2.45, 2.75) is 26.7 Å². The van der Waals surface area contributed by atoms with Gasteiger partial charge in [-0.05, 0) is 20.3 Å². The normalized spacial score (nSPS) is 11.0. The first-order valence-electron chi connectivity index (χ1n) is 6.89. The molecule has 1 amide bonds. The molecule has 0 atom stereocenters. The van der Waals surface area contributed by atoms with Crippen LogP contribution in [0, 0.1) is 0 Å². The van der Waals surface area contributed by atoms with Gasteiger partial charge in [-0.3, -0.25) is 4.79 Å². The van der Waals surface area contributed by atoms with Gasteiger partial charge in [0.2, 0.25) is 5.91 Å². The van der Waals surface area contributed by atoms with Crippen LogP contribution >= 0.6 is 12.4 Å². The van der Waals surface area contributed by atoms with E-state index in [0.717, 1.165) is 41.7 Å². The SMILES string of the molecule is C=C(CC[N+](C)(C)C)NCCCNC(=O)C(C)=CC.Cl.[Cl-]. The largest absolute Gasteiger partial charge is 1.00 e. The lowest BCUT2D eigenvalue weighted by Gasteiger charge is -2.24. The molecule has 0 aliphatic rings. The van der Waals surface area contributed by atoms with Crippen LogP contribution < -0.4 is 23.0 Å². The molecule has 21 heavy (non-hydrogen) atoms. The Morgan fingerprint density at radius 2 is 1.71 bits per heavy atom. The number of quaternary nitrogens is 1. The number of hydrogen-bond donors (Lipinski definition) is 2. The standard InChI is InChI=1S/C15H29N3O.2ClH/c1-7-13(2)15(19)17-11-8-10-16-14(3)9-12-18(4,5)6;;/h7,16H,3,8-12H2,1-2,4-6H3;2*1H. The van der Waals surface area contributed by atoms with Gasteiger partial charge in [0.05, 0.1) is 27.7 Å². The Balaban J connectivity index is -0.00000162. The molecule has 126 valence electrons. The summed E-state index contributed by atoms with van der Waals surface area (Å²) >= 11 is 0. The van der Waals surface area contributed by atoms with Crippen molar-refractivity contribution in [3.8, 4) is 0 Å². The number of hydrogen-bond acceptors (Lipinski definition) is 2. The van der Waals surface area contributed by atoms with E-state index >= 15 is 0 Å². The van der Waals surface area contributed by atoms with E-state index < -0.39 is 0 Å². The second-order valence-corrected chi connectivity index (χ2v) is 5.88. The van der Waals surface area contributed by atoms with Crippen LogP contribution in [0.5, 0.6) is 0 Å². The van der Waals surface area contributed by atoms with Crippen LogP contribution in [0.4, 0.5) is 0 Å². The van der Waals surface area contributed by atoms with E-state index in [2.05, 4.69) is 38.4 Å². The Labute approximate surface area is 142 Å². The van der Waals surface area contributed by atoms with Gasteiger partial charge >= 0.3 is 0 Å². The molecule has 0 saturated heterocycles. The zero-order valence-electron chi connectivity index (χ0n) is 14.0. The minimum Gasteiger partial charge on any atom is -1.00 e. The van der Waals surface area contributed by atoms with E-state index in [1.165, 1.54) is 0 Å². The molecule has 0 fully saturated rings. The number of halogens is 2. The van der Waals surface area contributed by atoms with Crippen molar-refractivity contribution >= 4 is 18.3 Å². The van der Waals surface area contributed by atoms with Crippen molar-refractivity contribution in [3.05, 3.63) is 23.9 Å². The highest BCUT2D eigenvalue weighted by Gasteiger charge is 2.07. The molecule has 0 rings (SSSR count). The van der Waals surface area contributed by atoms with E-state index in [9.17, 15) is 4.79 Å². The molecule has 0 heterocycles. The summed E-state index contributed by atoms with van der Waals surface area (Å²) in [6.45, 7) is 10.3. The first-order valence-corrected chi connectivity index (χ1v) is 6.89. The van der Waals surface area contributed by atoms with Gasteiger partial charge in [-0.2, -0.15) is 0 Å². The lowest BCUT2D eigenvalue weighted by atomic mass is 10.2. The fourth-order valence-electron chi connectivity index (χ4n) is 1.38. The Morgan fingerprint density at radius 3 is 2.19 bits per heavy atom. The van der Waals surface area contributed by atoms with Gasteiger partial charge < -0.3 is 27.5 Å². The second-order valence-electron chi connectivity index (χ2n) is 5.88. The molecule has 0 aliphatic heterocycles. The Bertz CT molecular complexity index is 336. The minimum absolute atomic E-state index is 0. The summed E-state index contributed by atoms with van der Waals surface area (Å²) in [4.78, 5) is 11.5. The fourth-order valence-corrected chi connectivity index (χ4v) is 1.38. The number of carbonyl (C=O) groups is 1. The lowest BCUT2D eigenvalue weighted by Crippen LogP contribution is -3.00. The molecule has 0 aliphatic carbocycles. The number of amides is 1. The summed E-state index contributed by atoms with van der Waals surface area (Å²) in [6.07, 6.45) is 3.71. The number of nitrogens with zero attached hydrogens (tertiary/aromatic N) is 1. The lowest BCUT2D eigenvalue weighted by molar-refractivity contribution is -0.870. The van der Waals surface area contributed by atoms with Gasteiger partial charge in [-0.1, -0.05) is 12.7 Å². The smallest absolute Gasteiger partial charge is 0.246 e. The van der Waals surface area contributed by atoms with Crippen LogP contribution in [0.3, 0.4) is 0 Å². The van der Waals surface area contributed by atoms with Crippen molar-refractivity contribution < 1.29 is 21.7 Å². The molecule has 0 saturated carbocycles. The third kappa shape index (κ3) is 15.5. The number of carbonyl (C=O) groups excluding carboxylic acids is 1. The molecule has 0 aromatic carbocycles. The monoisotopic (exact) mass is 339 g/mol. The zero-order valence-corrected chi connectivity index (χ0v) is 15.5. The molecule has 2 N–H and O–H groups in total. The van der Waals surface area contributed by atoms with Gasteiger partial charge in [0.1, 0.15) is 0 Å². The van der Waals surface area contributed by atoms with Crippen molar-refractivity contribution in [3.63, 3.8) is 0 Å². The summed E-state index contributed by atoms with van der Waals surface area (Å²) in [5.41, 5.74) is 1.84. The first-order chi connectivity index (χ1) is 8.76. The van der Waals surface area contributed by atoms with E-state index in [0.29, 0.717) is 6.54 Å². The van der Waals surface area contributed by atoms with Crippen molar-refractivity contribution in [2.75, 3.05) is 40.8 Å². The molecule has 0 aromatic rings. The predicted octanol–water partition coefficient (Wildman–Crippen LogP) is -0.916. The number of rotatable bonds is 9. The van der Waals surface area contributed by atoms with Crippen LogP contribution in [0.2, 0.25) is 0 Å². The highest BCUT2D eigenvalue weighted by atomic mass is 35.5. The summed E-state index contributed by atoms with van der Waals surface area (Å²) in [5.74, 6) is 0.0198. The number of nitrogens with one attached hydrogen (secondary N) is 2. The molecule has 0 radical (unpaired) electrons. The molecule has 0 spiro atoms. The van der Waals surface area contributed by atoms with Crippen LogP contribution in [-0.2, 0) is 4.79 Å². The van der Waals surface area contributed by atoms with Gasteiger partial charge in [0, 0.05) is 30.8 Å². The molecular weight excluding hydrogens is 309 g/mol. The summed E-state index contributed by atoms with van der Waals surface area (Å²) in [7, 11) is 6.52. The first kappa shape index (κ1) is 25.3. The average molecular weight is 340 g/mol. The quantitative estimate of drug-likeness (QED) is 0.324. The van der Waals surface area contributed by atoms with Crippen molar-refractivity contribution in [1.82, 2.24) is 10.6 Å². The van der Waals surface area contributed by atoms with Crippen LogP contribution in [0.25, 0.3) is 0 Å². The molecule has 0 bridgehead atoms. The maximum atomic E-state index is 11.5. The maximum Gasteiger partial charge on any atom is 0.246 e. The zero-order chi connectivity index (χ0) is 14.9. The summed E-state index contributed by atoms with van der Waals surface area (Å²) in [5, 5.41) is 6.19. The Morgan fingerprint density at radius 1 is 1.19 bits per heavy atom. The topological polar surface area (TPSA) is 41.1 Å². The van der Waals surface area contributed by atoms with E-state index in [4.69, 9.17) is 0 Å². The highest BCUT2D eigenvalue weighted by molar-refractivity contribution is 5.92. The van der Waals surface area contributed by atoms with Crippen molar-refractivity contribution in [2.24, 2.45) is 0 Å². The van der Waals surface area contributed by atoms with Gasteiger partial charge in [0.25, 0.3) is 0 Å². The van der Waals surface area contributed by atoms with E-state index in [1.807, 2.05) is 19.9 Å². The molecule has 0 aromatic heterocycles. The second kappa shape index (κ2) is 13.0. The van der Waals surface area contributed by atoms with Gasteiger partial charge in [-0.25, -0.2) is 0 Å². The minimum atomic E-state index is 0. The average Bonchev–Trinajstić information content (AvgIpc) is 2.33. The molecule has 4 nitrogen and oxygen atoms in total. The van der Waals surface area contributed by atoms with Crippen LogP contribution in [0.1, 0.15) is 26.7 Å². The van der Waals surface area contributed by atoms with Gasteiger partial charge in [0.15, 0.2) is 0 Å². The maximum absolute atomic E-state index is 11.5. The van der Waals surface area contributed by atoms with E-state index in [1.54, 1.807) is 0 Å². The summed E-state index contributed by atoms with van der Waals surface area (Å²) < 4.78 is 0.944. The van der Waals surface area contributed by atoms with E-state index in [-0.39, 0.29) is 30.7 Å². The Hall–Kier alpha value is -0.710. The van der Waals surface area contributed by atoms with Crippen molar-refractivity contribution in [1.29, 1.82) is 0 Å². The predicted molar refractivity (Wildman–Crippen MR) is 89.0 cm³/mol. The fraction of sp³-hybridized carbons (Fsp3) is 0.667. The van der Waals surface area contributed by atoms with Crippen LogP contribution in [-0.4, -0.2) is 51.2 Å². The highest BCUT2D eigenvalue weighted by Crippen LogP contribution is 1.99. The Kier molecular flexibility index (Phi) is 15.6. The van der Waals surface area contributed by atoms with Crippen LogP contribution in [0.15, 0.2) is 23.9 Å². The third-order valence-corrected chi connectivity index (χ3v) is 2.89. The number of allylic oxidation sites excluding steroid dienone is 1. The molecule has 0 unspecified atom stereocenters. The molecule has 6 heteroatoms. The third-order valence-electron chi connectivity index (χ3n) is 2.89.